The SMILES string of the molecule is COc1ccc(NC(=O)OC(C)(C)C)c(C(O)c2cc(NC(=O)OC(C)(C)C)ccc2OC)c1. The highest BCUT2D eigenvalue weighted by atomic mass is 16.6. The van der Waals surface area contributed by atoms with Crippen molar-refractivity contribution in [1.29, 1.82) is 0 Å². The van der Waals surface area contributed by atoms with Crippen LogP contribution in [0.3, 0.4) is 0 Å². The van der Waals surface area contributed by atoms with Gasteiger partial charge in [-0.3, -0.25) is 10.6 Å². The van der Waals surface area contributed by atoms with Crippen molar-refractivity contribution in [2.24, 2.45) is 0 Å². The second-order valence-electron chi connectivity index (χ2n) is 9.57. The molecule has 0 radical (unpaired) electrons. The zero-order valence-corrected chi connectivity index (χ0v) is 20.9. The van der Waals surface area contributed by atoms with E-state index in [9.17, 15) is 14.7 Å². The van der Waals surface area contributed by atoms with Crippen molar-refractivity contribution < 1.29 is 33.6 Å². The Hall–Kier alpha value is -3.46. The molecule has 2 aromatic carbocycles. The average Bonchev–Trinajstić information content (AvgIpc) is 2.70. The Morgan fingerprint density at radius 3 is 1.91 bits per heavy atom. The summed E-state index contributed by atoms with van der Waals surface area (Å²) >= 11 is 0. The van der Waals surface area contributed by atoms with E-state index in [1.807, 2.05) is 0 Å². The lowest BCUT2D eigenvalue weighted by molar-refractivity contribution is 0.0624. The number of amides is 2. The van der Waals surface area contributed by atoms with Gasteiger partial charge in [0.15, 0.2) is 0 Å². The van der Waals surface area contributed by atoms with Crippen LogP contribution in [0.15, 0.2) is 36.4 Å². The molecule has 0 spiro atoms. The minimum absolute atomic E-state index is 0.329. The van der Waals surface area contributed by atoms with E-state index in [-0.39, 0.29) is 0 Å². The summed E-state index contributed by atoms with van der Waals surface area (Å²) in [5.74, 6) is 0.860. The summed E-state index contributed by atoms with van der Waals surface area (Å²) in [5, 5.41) is 16.6. The number of ether oxygens (including phenoxy) is 4. The molecule has 0 bridgehead atoms. The van der Waals surface area contributed by atoms with Crippen LogP contribution in [0.2, 0.25) is 0 Å². The summed E-state index contributed by atoms with van der Waals surface area (Å²) in [6.07, 6.45) is -2.54. The minimum Gasteiger partial charge on any atom is -0.497 e. The summed E-state index contributed by atoms with van der Waals surface area (Å²) in [6, 6.07) is 9.68. The third-order valence-corrected chi connectivity index (χ3v) is 4.36. The number of nitrogens with one attached hydrogen (secondary N) is 2. The molecule has 34 heavy (non-hydrogen) atoms. The second kappa shape index (κ2) is 10.6. The Kier molecular flexibility index (Phi) is 8.39. The molecular weight excluding hydrogens is 440 g/mol. The van der Waals surface area contributed by atoms with Crippen LogP contribution >= 0.6 is 0 Å². The Balaban J connectivity index is 2.43. The van der Waals surface area contributed by atoms with Gasteiger partial charge < -0.3 is 24.1 Å². The number of carbonyl (C=O) groups is 2. The summed E-state index contributed by atoms with van der Waals surface area (Å²) in [4.78, 5) is 24.6. The Morgan fingerprint density at radius 1 is 0.794 bits per heavy atom. The first-order valence-electron chi connectivity index (χ1n) is 10.8. The van der Waals surface area contributed by atoms with Crippen molar-refractivity contribution in [2.45, 2.75) is 58.8 Å². The number of methoxy groups -OCH3 is 2. The lowest BCUT2D eigenvalue weighted by Crippen LogP contribution is -2.27. The van der Waals surface area contributed by atoms with Crippen LogP contribution in [0.5, 0.6) is 11.5 Å². The van der Waals surface area contributed by atoms with E-state index < -0.39 is 29.5 Å². The number of aliphatic hydroxyl groups excluding tert-OH is 1. The normalized spacial score (nSPS) is 12.4. The van der Waals surface area contributed by atoms with Crippen molar-refractivity contribution in [3.05, 3.63) is 47.5 Å². The van der Waals surface area contributed by atoms with Gasteiger partial charge in [-0.05, 0) is 77.9 Å². The number of aliphatic hydroxyl groups is 1. The van der Waals surface area contributed by atoms with Crippen LogP contribution in [-0.4, -0.2) is 42.7 Å². The van der Waals surface area contributed by atoms with Gasteiger partial charge in [0.2, 0.25) is 0 Å². The molecule has 0 heterocycles. The Morgan fingerprint density at radius 2 is 1.38 bits per heavy atom. The number of hydrogen-bond acceptors (Lipinski definition) is 7. The fourth-order valence-corrected chi connectivity index (χ4v) is 3.04. The van der Waals surface area contributed by atoms with E-state index in [2.05, 4.69) is 10.6 Å². The molecule has 0 aliphatic heterocycles. The van der Waals surface area contributed by atoms with E-state index in [4.69, 9.17) is 18.9 Å². The third kappa shape index (κ3) is 7.84. The fourth-order valence-electron chi connectivity index (χ4n) is 3.04. The van der Waals surface area contributed by atoms with E-state index in [1.54, 1.807) is 77.9 Å². The molecule has 0 aliphatic rings. The predicted octanol–water partition coefficient (Wildman–Crippen LogP) is 5.48. The van der Waals surface area contributed by atoms with Gasteiger partial charge in [0.05, 0.1) is 19.9 Å². The number of rotatable bonds is 6. The molecule has 2 aromatic rings. The average molecular weight is 475 g/mol. The van der Waals surface area contributed by atoms with Crippen molar-refractivity contribution in [3.63, 3.8) is 0 Å². The van der Waals surface area contributed by atoms with E-state index in [1.165, 1.54) is 14.2 Å². The van der Waals surface area contributed by atoms with Crippen LogP contribution in [-0.2, 0) is 9.47 Å². The maximum Gasteiger partial charge on any atom is 0.412 e. The highest BCUT2D eigenvalue weighted by molar-refractivity contribution is 5.87. The highest BCUT2D eigenvalue weighted by Crippen LogP contribution is 2.37. The maximum absolute atomic E-state index is 12.4. The van der Waals surface area contributed by atoms with Crippen molar-refractivity contribution in [2.75, 3.05) is 24.9 Å². The van der Waals surface area contributed by atoms with Gasteiger partial charge in [0, 0.05) is 16.8 Å². The van der Waals surface area contributed by atoms with E-state index in [0.29, 0.717) is 34.0 Å². The molecule has 9 heteroatoms. The van der Waals surface area contributed by atoms with Crippen molar-refractivity contribution in [1.82, 2.24) is 0 Å². The first-order valence-corrected chi connectivity index (χ1v) is 10.8. The Labute approximate surface area is 200 Å². The zero-order valence-electron chi connectivity index (χ0n) is 20.9. The van der Waals surface area contributed by atoms with E-state index in [0.717, 1.165) is 0 Å². The van der Waals surface area contributed by atoms with Gasteiger partial charge >= 0.3 is 12.2 Å². The van der Waals surface area contributed by atoms with E-state index >= 15 is 0 Å². The van der Waals surface area contributed by atoms with Gasteiger partial charge in [-0.2, -0.15) is 0 Å². The molecule has 9 nitrogen and oxygen atoms in total. The molecule has 0 aromatic heterocycles. The quantitative estimate of drug-likeness (QED) is 0.508. The largest absolute Gasteiger partial charge is 0.497 e. The summed E-state index contributed by atoms with van der Waals surface area (Å²) in [7, 11) is 2.97. The second-order valence-corrected chi connectivity index (χ2v) is 9.57. The monoisotopic (exact) mass is 474 g/mol. The number of hydrogen-bond donors (Lipinski definition) is 3. The van der Waals surface area contributed by atoms with Crippen LogP contribution in [0.1, 0.15) is 58.8 Å². The molecule has 0 saturated heterocycles. The van der Waals surface area contributed by atoms with Gasteiger partial charge in [-0.1, -0.05) is 0 Å². The lowest BCUT2D eigenvalue weighted by Gasteiger charge is -2.23. The first kappa shape index (κ1) is 26.8. The minimum atomic E-state index is -1.24. The topological polar surface area (TPSA) is 115 Å². The van der Waals surface area contributed by atoms with Crippen LogP contribution in [0.4, 0.5) is 21.0 Å². The predicted molar refractivity (Wildman–Crippen MR) is 130 cm³/mol. The van der Waals surface area contributed by atoms with Crippen LogP contribution in [0.25, 0.3) is 0 Å². The lowest BCUT2D eigenvalue weighted by atomic mass is 9.98. The highest BCUT2D eigenvalue weighted by Gasteiger charge is 2.24. The molecule has 0 fully saturated rings. The first-order chi connectivity index (χ1) is 15.7. The van der Waals surface area contributed by atoms with Crippen LogP contribution < -0.4 is 20.1 Å². The van der Waals surface area contributed by atoms with Crippen molar-refractivity contribution in [3.8, 4) is 11.5 Å². The number of anilines is 2. The number of benzene rings is 2. The van der Waals surface area contributed by atoms with Crippen LogP contribution in [0, 0.1) is 0 Å². The van der Waals surface area contributed by atoms with Crippen molar-refractivity contribution >= 4 is 23.6 Å². The van der Waals surface area contributed by atoms with Gasteiger partial charge in [0.1, 0.15) is 28.8 Å². The smallest absolute Gasteiger partial charge is 0.412 e. The fraction of sp³-hybridized carbons (Fsp3) is 0.440. The molecule has 3 N–H and O–H groups in total. The summed E-state index contributed by atoms with van der Waals surface area (Å²) in [6.45, 7) is 10.5. The van der Waals surface area contributed by atoms with Gasteiger partial charge in [-0.25, -0.2) is 9.59 Å². The molecule has 1 atom stereocenters. The summed E-state index contributed by atoms with van der Waals surface area (Å²) in [5.41, 5.74) is 0.0697. The van der Waals surface area contributed by atoms with Gasteiger partial charge in [-0.15, -0.1) is 0 Å². The maximum atomic E-state index is 12.4. The molecule has 2 rings (SSSR count). The Bertz CT molecular complexity index is 1020. The molecule has 0 saturated carbocycles. The standard InChI is InChI=1S/C25H34N2O7/c1-24(2,3)33-22(29)26-15-9-12-20(32-8)18(13-15)21(28)17-14-16(31-7)10-11-19(17)27-23(30)34-25(4,5)6/h9-14,21,28H,1-8H3,(H,26,29)(H,27,30). The zero-order chi connectivity index (χ0) is 25.7. The number of carbonyl (C=O) groups excluding carboxylic acids is 2. The molecule has 1 unspecified atom stereocenters. The molecule has 0 aliphatic carbocycles. The third-order valence-electron chi connectivity index (χ3n) is 4.36. The van der Waals surface area contributed by atoms with Gasteiger partial charge in [0.25, 0.3) is 0 Å². The molecular formula is C25H34N2O7. The summed E-state index contributed by atoms with van der Waals surface area (Å²) < 4.78 is 21.4. The molecule has 186 valence electrons. The molecule has 2 amide bonds.